The molecule has 0 unspecified atom stereocenters. The van der Waals surface area contributed by atoms with Gasteiger partial charge < -0.3 is 23.6 Å². The molecule has 29 heavy (non-hydrogen) atoms. The highest BCUT2D eigenvalue weighted by Gasteiger charge is 2.12. The molecule has 0 bridgehead atoms. The number of furan rings is 1. The van der Waals surface area contributed by atoms with Gasteiger partial charge in [0.1, 0.15) is 18.1 Å². The minimum atomic E-state index is -0.555. The summed E-state index contributed by atoms with van der Waals surface area (Å²) in [4.78, 5) is 26.0. The Morgan fingerprint density at radius 2 is 2.03 bits per heavy atom. The molecule has 1 aromatic carbocycles. The van der Waals surface area contributed by atoms with E-state index >= 15 is 0 Å². The number of nitrogens with one attached hydrogen (secondary N) is 2. The minimum Gasteiger partial charge on any atom is -0.493 e. The lowest BCUT2D eigenvalue weighted by Crippen LogP contribution is -2.17. The average Bonchev–Trinajstić information content (AvgIpc) is 3.44. The third kappa shape index (κ3) is 5.04. The summed E-state index contributed by atoms with van der Waals surface area (Å²) in [5.74, 6) is 0.625. The first-order valence-corrected chi connectivity index (χ1v) is 8.55. The lowest BCUT2D eigenvalue weighted by Gasteiger charge is -2.10. The smallest absolute Gasteiger partial charge is 0.373 e. The van der Waals surface area contributed by atoms with E-state index < -0.39 is 5.97 Å². The summed E-state index contributed by atoms with van der Waals surface area (Å²) in [7, 11) is 2.79. The Morgan fingerprint density at radius 3 is 2.76 bits per heavy atom. The van der Waals surface area contributed by atoms with Gasteiger partial charge >= 0.3 is 5.97 Å². The molecule has 0 saturated heterocycles. The molecule has 0 aliphatic heterocycles. The fourth-order valence-electron chi connectivity index (χ4n) is 2.40. The molecule has 2 heterocycles. The van der Waals surface area contributed by atoms with Crippen LogP contribution in [0.5, 0.6) is 11.5 Å². The first kappa shape index (κ1) is 19.7. The van der Waals surface area contributed by atoms with Crippen molar-refractivity contribution in [2.45, 2.75) is 6.61 Å². The van der Waals surface area contributed by atoms with Crippen LogP contribution in [0.25, 0.3) is 0 Å². The van der Waals surface area contributed by atoms with Gasteiger partial charge in [0.05, 0.1) is 20.4 Å². The molecule has 0 fully saturated rings. The third-order valence-electron chi connectivity index (χ3n) is 3.83. The Balaban J connectivity index is 1.61. The molecule has 2 N–H and O–H groups in total. The summed E-state index contributed by atoms with van der Waals surface area (Å²) in [6, 6.07) is 11.7. The summed E-state index contributed by atoms with van der Waals surface area (Å²) in [6.07, 6.45) is 3.14. The van der Waals surface area contributed by atoms with Crippen molar-refractivity contribution in [2.24, 2.45) is 5.10 Å². The molecular weight excluding hydrogens is 378 g/mol. The third-order valence-corrected chi connectivity index (χ3v) is 3.83. The second-order valence-electron chi connectivity index (χ2n) is 5.74. The number of aromatic amines is 1. The fourth-order valence-corrected chi connectivity index (χ4v) is 2.40. The monoisotopic (exact) mass is 397 g/mol. The van der Waals surface area contributed by atoms with E-state index in [-0.39, 0.29) is 18.3 Å². The molecule has 0 atom stereocenters. The molecule has 0 radical (unpaired) electrons. The van der Waals surface area contributed by atoms with Crippen molar-refractivity contribution >= 4 is 18.1 Å². The van der Waals surface area contributed by atoms with Gasteiger partial charge in [0.2, 0.25) is 5.76 Å². The summed E-state index contributed by atoms with van der Waals surface area (Å²) in [5, 5.41) is 3.92. The topological polar surface area (TPSA) is 115 Å². The quantitative estimate of drug-likeness (QED) is 0.343. The lowest BCUT2D eigenvalue weighted by atomic mass is 10.2. The van der Waals surface area contributed by atoms with Crippen molar-refractivity contribution in [1.29, 1.82) is 0 Å². The summed E-state index contributed by atoms with van der Waals surface area (Å²) in [6.45, 7) is 0.104. The molecule has 2 aromatic heterocycles. The predicted octanol–water partition coefficient (Wildman–Crippen LogP) is 2.75. The molecule has 0 aliphatic carbocycles. The summed E-state index contributed by atoms with van der Waals surface area (Å²) >= 11 is 0. The van der Waals surface area contributed by atoms with Crippen molar-refractivity contribution in [1.82, 2.24) is 10.4 Å². The molecule has 3 rings (SSSR count). The average molecular weight is 397 g/mol. The summed E-state index contributed by atoms with van der Waals surface area (Å²) in [5.41, 5.74) is 3.54. The van der Waals surface area contributed by atoms with E-state index in [9.17, 15) is 9.59 Å². The van der Waals surface area contributed by atoms with E-state index in [1.807, 2.05) is 0 Å². The van der Waals surface area contributed by atoms with Crippen LogP contribution in [0.3, 0.4) is 0 Å². The van der Waals surface area contributed by atoms with Gasteiger partial charge in [-0.25, -0.2) is 10.2 Å². The van der Waals surface area contributed by atoms with Gasteiger partial charge in [-0.3, -0.25) is 4.79 Å². The number of rotatable bonds is 8. The first-order chi connectivity index (χ1) is 14.1. The number of carbonyl (C=O) groups excluding carboxylic acids is 2. The molecule has 3 aromatic rings. The van der Waals surface area contributed by atoms with Crippen LogP contribution in [0.4, 0.5) is 0 Å². The Bertz CT molecular complexity index is 1010. The van der Waals surface area contributed by atoms with Gasteiger partial charge in [0.15, 0.2) is 11.5 Å². The maximum Gasteiger partial charge on any atom is 0.373 e. The van der Waals surface area contributed by atoms with E-state index in [1.165, 1.54) is 26.5 Å². The van der Waals surface area contributed by atoms with Gasteiger partial charge in [0.25, 0.3) is 5.91 Å². The molecule has 0 aliphatic rings. The van der Waals surface area contributed by atoms with Crippen LogP contribution in [0.15, 0.2) is 58.2 Å². The molecule has 0 saturated carbocycles. The van der Waals surface area contributed by atoms with Crippen LogP contribution in [-0.4, -0.2) is 37.3 Å². The van der Waals surface area contributed by atoms with Crippen LogP contribution in [0, 0.1) is 0 Å². The van der Waals surface area contributed by atoms with Gasteiger partial charge in [-0.15, -0.1) is 0 Å². The highest BCUT2D eigenvalue weighted by molar-refractivity contribution is 5.93. The predicted molar refractivity (Wildman–Crippen MR) is 103 cm³/mol. The number of hydrogen-bond donors (Lipinski definition) is 2. The first-order valence-electron chi connectivity index (χ1n) is 8.55. The number of H-pyrrole nitrogens is 1. The molecule has 9 nitrogen and oxygen atoms in total. The van der Waals surface area contributed by atoms with Crippen molar-refractivity contribution in [3.05, 3.63) is 71.4 Å². The zero-order valence-corrected chi connectivity index (χ0v) is 15.8. The molecule has 150 valence electrons. The van der Waals surface area contributed by atoms with Crippen molar-refractivity contribution < 1.29 is 28.2 Å². The van der Waals surface area contributed by atoms with Crippen LogP contribution in [0.2, 0.25) is 0 Å². The second kappa shape index (κ2) is 9.27. The van der Waals surface area contributed by atoms with E-state index in [0.29, 0.717) is 28.5 Å². The maximum absolute atomic E-state index is 11.8. The van der Waals surface area contributed by atoms with Gasteiger partial charge in [-0.05, 0) is 48.0 Å². The number of aromatic nitrogens is 1. The number of nitrogens with zero attached hydrogens (tertiary/aromatic N) is 1. The van der Waals surface area contributed by atoms with Crippen molar-refractivity contribution in [3.63, 3.8) is 0 Å². The largest absolute Gasteiger partial charge is 0.493 e. The second-order valence-corrected chi connectivity index (χ2v) is 5.74. The van der Waals surface area contributed by atoms with Crippen molar-refractivity contribution in [2.75, 3.05) is 14.2 Å². The standard InChI is InChI=1S/C20H19N3O6/c1-26-18-10-13(11-22-23-19(24)15-4-3-9-21-15)5-7-16(18)28-12-14-6-8-17(29-14)20(25)27-2/h3-11,21H,12H2,1-2H3,(H,23,24)/b22-11-. The SMILES string of the molecule is COC(=O)c1ccc(COc2ccc(/C=N\NC(=O)c3ccc[nH]3)cc2OC)o1. The van der Waals surface area contributed by atoms with E-state index in [4.69, 9.17) is 13.9 Å². The highest BCUT2D eigenvalue weighted by Crippen LogP contribution is 2.28. The van der Waals surface area contributed by atoms with E-state index in [0.717, 1.165) is 0 Å². The number of hydrazone groups is 1. The molecule has 1 amide bonds. The highest BCUT2D eigenvalue weighted by atomic mass is 16.5. The molecule has 0 spiro atoms. The lowest BCUT2D eigenvalue weighted by molar-refractivity contribution is 0.0560. The number of methoxy groups -OCH3 is 2. The minimum absolute atomic E-state index is 0.103. The summed E-state index contributed by atoms with van der Waals surface area (Å²) < 4.78 is 21.0. The van der Waals surface area contributed by atoms with Crippen LogP contribution in [0.1, 0.15) is 32.4 Å². The Morgan fingerprint density at radius 1 is 1.17 bits per heavy atom. The Hall–Kier alpha value is -4.01. The molecular formula is C20H19N3O6. The van der Waals surface area contributed by atoms with Crippen molar-refractivity contribution in [3.8, 4) is 11.5 Å². The van der Waals surface area contributed by atoms with Crippen LogP contribution in [-0.2, 0) is 11.3 Å². The number of hydrogen-bond acceptors (Lipinski definition) is 7. The van der Waals surface area contributed by atoms with E-state index in [2.05, 4.69) is 20.2 Å². The van der Waals surface area contributed by atoms with Crippen LogP contribution >= 0.6 is 0 Å². The fraction of sp³-hybridized carbons (Fsp3) is 0.150. The van der Waals surface area contributed by atoms with Gasteiger partial charge in [-0.1, -0.05) is 0 Å². The van der Waals surface area contributed by atoms with Crippen LogP contribution < -0.4 is 14.9 Å². The Kier molecular flexibility index (Phi) is 6.31. The maximum atomic E-state index is 11.8. The number of carbonyl (C=O) groups is 2. The number of ether oxygens (including phenoxy) is 3. The zero-order valence-electron chi connectivity index (χ0n) is 15.8. The van der Waals surface area contributed by atoms with E-state index in [1.54, 1.807) is 42.6 Å². The number of amides is 1. The van der Waals surface area contributed by atoms with Gasteiger partial charge in [-0.2, -0.15) is 5.10 Å². The zero-order chi connectivity index (χ0) is 20.6. The number of esters is 1. The Labute approximate surface area is 166 Å². The molecule has 9 heteroatoms. The van der Waals surface area contributed by atoms with Gasteiger partial charge in [0, 0.05) is 6.20 Å². The number of benzene rings is 1. The normalized spacial score (nSPS) is 10.7.